The number of carbonyl (C=O) groups is 1. The first-order valence-corrected chi connectivity index (χ1v) is 7.60. The molecule has 1 aromatic heterocycles. The molecule has 5 nitrogen and oxygen atoms in total. The first kappa shape index (κ1) is 16.3. The molecular weight excluding hydrogens is 280 g/mol. The van der Waals surface area contributed by atoms with Gasteiger partial charge >= 0.3 is 5.97 Å². The predicted octanol–water partition coefficient (Wildman–Crippen LogP) is 3.54. The fraction of sp³-hybridized carbons (Fsp3) is 0.529. The molecule has 0 saturated carbocycles. The molecule has 0 bridgehead atoms. The van der Waals surface area contributed by atoms with Crippen LogP contribution in [0.3, 0.4) is 0 Å². The molecule has 0 aliphatic heterocycles. The van der Waals surface area contributed by atoms with E-state index in [1.807, 2.05) is 46.8 Å². The van der Waals surface area contributed by atoms with Crippen LogP contribution in [0.15, 0.2) is 12.1 Å². The van der Waals surface area contributed by atoms with Crippen LogP contribution < -0.4 is 4.74 Å². The quantitative estimate of drug-likeness (QED) is 0.829. The summed E-state index contributed by atoms with van der Waals surface area (Å²) in [6.07, 6.45) is 0.602. The highest BCUT2D eigenvalue weighted by atomic mass is 16.5. The van der Waals surface area contributed by atoms with Crippen LogP contribution in [-0.2, 0) is 9.53 Å². The maximum absolute atomic E-state index is 11.8. The summed E-state index contributed by atoms with van der Waals surface area (Å²) >= 11 is 0. The number of benzene rings is 1. The number of hydrogen-bond donors (Lipinski definition) is 1. The van der Waals surface area contributed by atoms with Crippen LogP contribution >= 0.6 is 0 Å². The molecule has 0 spiro atoms. The van der Waals surface area contributed by atoms with Crippen LogP contribution in [0.1, 0.15) is 38.6 Å². The van der Waals surface area contributed by atoms with Gasteiger partial charge in [-0.2, -0.15) is 0 Å². The average Bonchev–Trinajstić information content (AvgIpc) is 2.80. The van der Waals surface area contributed by atoms with Crippen molar-refractivity contribution in [2.45, 2.75) is 41.0 Å². The largest absolute Gasteiger partial charge is 0.493 e. The van der Waals surface area contributed by atoms with Crippen LogP contribution in [0.2, 0.25) is 0 Å². The minimum atomic E-state index is -0.542. The van der Waals surface area contributed by atoms with Gasteiger partial charge in [-0.25, -0.2) is 4.98 Å². The lowest BCUT2D eigenvalue weighted by Crippen LogP contribution is -2.28. The van der Waals surface area contributed by atoms with Gasteiger partial charge in [-0.05, 0) is 52.7 Å². The number of rotatable bonds is 6. The van der Waals surface area contributed by atoms with Gasteiger partial charge in [0.25, 0.3) is 0 Å². The lowest BCUT2D eigenvalue weighted by Gasteiger charge is -2.22. The highest BCUT2D eigenvalue weighted by Crippen LogP contribution is 2.26. The summed E-state index contributed by atoms with van der Waals surface area (Å²) in [6, 6.07) is 3.92. The molecule has 120 valence electrons. The van der Waals surface area contributed by atoms with Gasteiger partial charge in [0.15, 0.2) is 0 Å². The van der Waals surface area contributed by atoms with Crippen molar-refractivity contribution in [2.75, 3.05) is 13.2 Å². The van der Waals surface area contributed by atoms with Gasteiger partial charge in [0.2, 0.25) is 0 Å². The lowest BCUT2D eigenvalue weighted by atomic mass is 9.90. The minimum Gasteiger partial charge on any atom is -0.493 e. The normalized spacial score (nSPS) is 11.7. The summed E-state index contributed by atoms with van der Waals surface area (Å²) < 4.78 is 10.9. The van der Waals surface area contributed by atoms with Crippen LogP contribution in [0.25, 0.3) is 11.0 Å². The third kappa shape index (κ3) is 3.59. The summed E-state index contributed by atoms with van der Waals surface area (Å²) in [5, 5.41) is 0. The van der Waals surface area contributed by atoms with Gasteiger partial charge in [-0.3, -0.25) is 4.79 Å². The number of nitrogens with zero attached hydrogens (tertiary/aromatic N) is 1. The van der Waals surface area contributed by atoms with Crippen LogP contribution in [0.4, 0.5) is 0 Å². The molecular formula is C17H24N2O3. The number of carbonyl (C=O) groups excluding carboxylic acids is 1. The third-order valence-electron chi connectivity index (χ3n) is 3.69. The molecule has 0 unspecified atom stereocenters. The first-order valence-electron chi connectivity index (χ1n) is 7.60. The third-order valence-corrected chi connectivity index (χ3v) is 3.69. The van der Waals surface area contributed by atoms with Gasteiger partial charge in [0, 0.05) is 6.07 Å². The van der Waals surface area contributed by atoms with Crippen molar-refractivity contribution in [3.63, 3.8) is 0 Å². The number of nitrogens with one attached hydrogen (secondary N) is 1. The van der Waals surface area contributed by atoms with Gasteiger partial charge in [0.1, 0.15) is 11.6 Å². The fourth-order valence-corrected chi connectivity index (χ4v) is 2.32. The van der Waals surface area contributed by atoms with Crippen molar-refractivity contribution in [1.29, 1.82) is 0 Å². The summed E-state index contributed by atoms with van der Waals surface area (Å²) in [7, 11) is 0. The Hall–Kier alpha value is -2.04. The minimum absolute atomic E-state index is 0.186. The molecule has 22 heavy (non-hydrogen) atoms. The second-order valence-electron chi connectivity index (χ2n) is 6.16. The van der Waals surface area contributed by atoms with Gasteiger partial charge < -0.3 is 14.5 Å². The number of aromatic nitrogens is 2. The number of aromatic amines is 1. The van der Waals surface area contributed by atoms with Crippen molar-refractivity contribution in [3.8, 4) is 5.75 Å². The molecule has 0 atom stereocenters. The monoisotopic (exact) mass is 304 g/mol. The van der Waals surface area contributed by atoms with E-state index in [9.17, 15) is 4.79 Å². The van der Waals surface area contributed by atoms with Gasteiger partial charge in [-0.1, -0.05) is 0 Å². The number of esters is 1. The summed E-state index contributed by atoms with van der Waals surface area (Å²) in [5.41, 5.74) is 2.47. The second-order valence-corrected chi connectivity index (χ2v) is 6.16. The van der Waals surface area contributed by atoms with Crippen LogP contribution in [0.5, 0.6) is 5.75 Å². The Balaban J connectivity index is 2.01. The topological polar surface area (TPSA) is 64.2 Å². The number of fused-ring (bicyclic) bond motifs is 1. The number of aryl methyl sites for hydroxylation is 2. The van der Waals surface area contributed by atoms with E-state index in [0.717, 1.165) is 28.2 Å². The lowest BCUT2D eigenvalue weighted by molar-refractivity contribution is -0.154. The Kier molecular flexibility index (Phi) is 4.74. The fourth-order valence-electron chi connectivity index (χ4n) is 2.32. The van der Waals surface area contributed by atoms with Crippen LogP contribution in [-0.4, -0.2) is 29.2 Å². The molecule has 0 radical (unpaired) electrons. The van der Waals surface area contributed by atoms with E-state index in [1.54, 1.807) is 0 Å². The number of H-pyrrole nitrogens is 1. The molecule has 0 aliphatic rings. The first-order chi connectivity index (χ1) is 10.3. The Morgan fingerprint density at radius 3 is 2.73 bits per heavy atom. The van der Waals surface area contributed by atoms with E-state index < -0.39 is 5.41 Å². The van der Waals surface area contributed by atoms with E-state index in [-0.39, 0.29) is 5.97 Å². The standard InChI is InChI=1S/C17H24N2O3/c1-6-21-16(20)17(4,5)7-8-22-13-9-11(2)15-14(10-13)18-12(3)19-15/h9-10H,6-8H2,1-5H3,(H,18,19). The molecule has 2 aromatic rings. The molecule has 0 saturated heterocycles. The van der Waals surface area contributed by atoms with E-state index in [0.29, 0.717) is 19.6 Å². The van der Waals surface area contributed by atoms with E-state index in [2.05, 4.69) is 9.97 Å². The highest BCUT2D eigenvalue weighted by molar-refractivity contribution is 5.80. The maximum atomic E-state index is 11.8. The number of ether oxygens (including phenoxy) is 2. The zero-order valence-corrected chi connectivity index (χ0v) is 13.9. The molecule has 0 aliphatic carbocycles. The maximum Gasteiger partial charge on any atom is 0.311 e. The molecule has 1 N–H and O–H groups in total. The van der Waals surface area contributed by atoms with Crippen molar-refractivity contribution in [2.24, 2.45) is 5.41 Å². The second kappa shape index (κ2) is 6.38. The van der Waals surface area contributed by atoms with E-state index in [4.69, 9.17) is 9.47 Å². The highest BCUT2D eigenvalue weighted by Gasteiger charge is 2.29. The van der Waals surface area contributed by atoms with Crippen LogP contribution in [0, 0.1) is 19.3 Å². The van der Waals surface area contributed by atoms with E-state index >= 15 is 0 Å². The van der Waals surface area contributed by atoms with Gasteiger partial charge in [-0.15, -0.1) is 0 Å². The predicted molar refractivity (Wildman–Crippen MR) is 86.1 cm³/mol. The Morgan fingerprint density at radius 1 is 1.32 bits per heavy atom. The molecule has 0 fully saturated rings. The number of hydrogen-bond acceptors (Lipinski definition) is 4. The van der Waals surface area contributed by atoms with Crippen molar-refractivity contribution >= 4 is 17.0 Å². The molecule has 0 amide bonds. The Morgan fingerprint density at radius 2 is 2.05 bits per heavy atom. The zero-order valence-electron chi connectivity index (χ0n) is 13.9. The Bertz CT molecular complexity index is 674. The van der Waals surface area contributed by atoms with Gasteiger partial charge in [0.05, 0.1) is 29.7 Å². The zero-order chi connectivity index (χ0) is 16.3. The Labute approximate surface area is 131 Å². The van der Waals surface area contributed by atoms with Crippen molar-refractivity contribution in [3.05, 3.63) is 23.5 Å². The summed E-state index contributed by atoms with van der Waals surface area (Å²) in [4.78, 5) is 19.5. The molecule has 5 heteroatoms. The van der Waals surface area contributed by atoms with E-state index in [1.165, 1.54) is 0 Å². The molecule has 1 heterocycles. The van der Waals surface area contributed by atoms with Crippen molar-refractivity contribution in [1.82, 2.24) is 9.97 Å². The molecule has 2 rings (SSSR count). The smallest absolute Gasteiger partial charge is 0.311 e. The summed E-state index contributed by atoms with van der Waals surface area (Å²) in [5.74, 6) is 1.49. The summed E-state index contributed by atoms with van der Waals surface area (Å²) in [6.45, 7) is 10.4. The molecule has 1 aromatic carbocycles. The SMILES string of the molecule is CCOC(=O)C(C)(C)CCOc1cc(C)c2nc(C)[nH]c2c1. The van der Waals surface area contributed by atoms with Crippen molar-refractivity contribution < 1.29 is 14.3 Å². The number of imidazole rings is 1. The average molecular weight is 304 g/mol.